The first kappa shape index (κ1) is 24.1. The number of carbonyl (C=O) groups excluding carboxylic acids is 1. The van der Waals surface area contributed by atoms with Gasteiger partial charge < -0.3 is 14.0 Å². The number of rotatable bonds is 5. The van der Waals surface area contributed by atoms with Crippen molar-refractivity contribution in [1.29, 1.82) is 0 Å². The van der Waals surface area contributed by atoms with Crippen molar-refractivity contribution in [3.63, 3.8) is 0 Å². The van der Waals surface area contributed by atoms with Gasteiger partial charge in [-0.05, 0) is 85.0 Å². The highest BCUT2D eigenvalue weighted by atomic mass is 32.2. The molecule has 1 aromatic rings. The van der Waals surface area contributed by atoms with Gasteiger partial charge in [0, 0.05) is 6.92 Å². The smallest absolute Gasteiger partial charge is 0.422 e. The molecule has 3 unspecified atom stereocenters. The fraction of sp³-hybridized carbons (Fsp3) is 0.682. The van der Waals surface area contributed by atoms with E-state index in [2.05, 4.69) is 6.92 Å². The molecule has 1 aromatic carbocycles. The fourth-order valence-corrected chi connectivity index (χ4v) is 6.96. The molecule has 0 heterocycles. The third-order valence-corrected chi connectivity index (χ3v) is 8.54. The zero-order valence-corrected chi connectivity index (χ0v) is 19.3. The standard InChI is InChI=1S/C22H28F3NO6S/c1-12(27)26-33(29,30)32-19-9-13-3-4-15-14(7-8-21(2)17(15)5-6-20(21)28)16(13)10-18(19)31-11-22(23,24)25/h9-10,14-15,17,20,28H,3-8,11H2,1-2H3,(H,26,27)/t14?,15?,17?,20-,21-/m0/s1. The molecule has 0 spiro atoms. The highest BCUT2D eigenvalue weighted by molar-refractivity contribution is 7.85. The summed E-state index contributed by atoms with van der Waals surface area (Å²) in [5, 5.41) is 10.5. The van der Waals surface area contributed by atoms with Crippen LogP contribution in [0.1, 0.15) is 63.0 Å². The van der Waals surface area contributed by atoms with Crippen molar-refractivity contribution in [2.45, 2.75) is 70.6 Å². The van der Waals surface area contributed by atoms with Crippen LogP contribution in [0.3, 0.4) is 0 Å². The van der Waals surface area contributed by atoms with Crippen LogP contribution in [0.25, 0.3) is 0 Å². The third-order valence-electron chi connectivity index (χ3n) is 7.60. The van der Waals surface area contributed by atoms with Crippen molar-refractivity contribution >= 4 is 16.2 Å². The van der Waals surface area contributed by atoms with Gasteiger partial charge in [0.15, 0.2) is 18.1 Å². The van der Waals surface area contributed by atoms with E-state index in [0.29, 0.717) is 18.3 Å². The normalized spacial score (nSPS) is 31.2. The van der Waals surface area contributed by atoms with Gasteiger partial charge in [-0.2, -0.15) is 21.6 Å². The van der Waals surface area contributed by atoms with Crippen LogP contribution in [0.2, 0.25) is 0 Å². The Morgan fingerprint density at radius 2 is 1.94 bits per heavy atom. The molecule has 0 aliphatic heterocycles. The summed E-state index contributed by atoms with van der Waals surface area (Å²) in [7, 11) is -4.57. The van der Waals surface area contributed by atoms with Gasteiger partial charge in [-0.25, -0.2) is 4.72 Å². The molecule has 0 radical (unpaired) electrons. The van der Waals surface area contributed by atoms with E-state index < -0.39 is 29.0 Å². The SMILES string of the molecule is CC(=O)NS(=O)(=O)Oc1cc2c(cc1OCC(F)(F)F)C1CC[C@@]3(C)C(CC[C@@H]3O)C1CC2. The number of fused-ring (bicyclic) bond motifs is 5. The number of aliphatic hydroxyl groups excluding tert-OH is 1. The molecule has 0 bridgehead atoms. The molecule has 3 aliphatic carbocycles. The molecule has 33 heavy (non-hydrogen) atoms. The van der Waals surface area contributed by atoms with Crippen molar-refractivity contribution in [3.8, 4) is 11.5 Å². The summed E-state index contributed by atoms with van der Waals surface area (Å²) in [4.78, 5) is 11.2. The molecular weight excluding hydrogens is 463 g/mol. The number of alkyl halides is 3. The minimum atomic E-state index is -4.63. The van der Waals surface area contributed by atoms with E-state index in [4.69, 9.17) is 8.92 Å². The van der Waals surface area contributed by atoms with Gasteiger partial charge in [-0.1, -0.05) is 6.92 Å². The second kappa shape index (κ2) is 8.33. The average molecular weight is 492 g/mol. The first-order chi connectivity index (χ1) is 15.3. The molecule has 5 atom stereocenters. The van der Waals surface area contributed by atoms with Crippen LogP contribution < -0.4 is 13.6 Å². The Morgan fingerprint density at radius 3 is 2.61 bits per heavy atom. The highest BCUT2D eigenvalue weighted by Crippen LogP contribution is 2.61. The van der Waals surface area contributed by atoms with Crippen molar-refractivity contribution in [2.24, 2.45) is 17.3 Å². The second-order valence-electron chi connectivity index (χ2n) is 9.65. The Morgan fingerprint density at radius 1 is 1.21 bits per heavy atom. The fourth-order valence-electron chi connectivity index (χ4n) is 6.20. The van der Waals surface area contributed by atoms with Gasteiger partial charge in [0.05, 0.1) is 6.10 Å². The summed E-state index contributed by atoms with van der Waals surface area (Å²) in [6, 6.07) is 2.87. The first-order valence-corrected chi connectivity index (χ1v) is 12.5. The van der Waals surface area contributed by atoms with Crippen LogP contribution in [-0.2, 0) is 21.5 Å². The highest BCUT2D eigenvalue weighted by Gasteiger charge is 2.54. The van der Waals surface area contributed by atoms with Crippen LogP contribution in [0.4, 0.5) is 13.2 Å². The lowest BCUT2D eigenvalue weighted by atomic mass is 9.55. The zero-order valence-electron chi connectivity index (χ0n) is 18.4. The quantitative estimate of drug-likeness (QED) is 0.653. The maximum atomic E-state index is 12.9. The van der Waals surface area contributed by atoms with Crippen molar-refractivity contribution < 1.29 is 40.4 Å². The lowest BCUT2D eigenvalue weighted by Gasteiger charge is -2.50. The van der Waals surface area contributed by atoms with Gasteiger partial charge in [0.1, 0.15) is 0 Å². The van der Waals surface area contributed by atoms with Gasteiger partial charge >= 0.3 is 16.5 Å². The topological polar surface area (TPSA) is 102 Å². The molecular formula is C22H28F3NO6S. The number of hydrogen-bond acceptors (Lipinski definition) is 6. The number of benzene rings is 1. The minimum Gasteiger partial charge on any atom is -0.480 e. The number of nitrogens with one attached hydrogen (secondary N) is 1. The maximum Gasteiger partial charge on any atom is 0.422 e. The van der Waals surface area contributed by atoms with E-state index in [1.807, 2.05) is 0 Å². The van der Waals surface area contributed by atoms with E-state index in [1.54, 1.807) is 4.72 Å². The van der Waals surface area contributed by atoms with Crippen molar-refractivity contribution in [2.75, 3.05) is 6.61 Å². The predicted molar refractivity (Wildman–Crippen MR) is 112 cm³/mol. The molecule has 184 valence electrons. The summed E-state index contributed by atoms with van der Waals surface area (Å²) in [6.07, 6.45) is -0.255. The average Bonchev–Trinajstić information content (AvgIpc) is 2.99. The molecule has 11 heteroatoms. The zero-order chi connectivity index (χ0) is 24.2. The monoisotopic (exact) mass is 491 g/mol. The van der Waals surface area contributed by atoms with E-state index in [0.717, 1.165) is 50.2 Å². The Balaban J connectivity index is 1.69. The van der Waals surface area contributed by atoms with E-state index in [9.17, 15) is 31.5 Å². The van der Waals surface area contributed by atoms with Crippen LogP contribution in [-0.4, -0.2) is 38.3 Å². The van der Waals surface area contributed by atoms with E-state index >= 15 is 0 Å². The van der Waals surface area contributed by atoms with Gasteiger partial charge in [0.25, 0.3) is 0 Å². The lowest BCUT2D eigenvalue weighted by molar-refractivity contribution is -0.153. The number of aryl methyl sites for hydroxylation is 1. The largest absolute Gasteiger partial charge is 0.480 e. The van der Waals surface area contributed by atoms with Crippen molar-refractivity contribution in [3.05, 3.63) is 23.3 Å². The summed E-state index contributed by atoms with van der Waals surface area (Å²) < 4.78 is 74.3. The van der Waals surface area contributed by atoms with E-state index in [1.165, 1.54) is 12.1 Å². The summed E-state index contributed by atoms with van der Waals surface area (Å²) in [5.74, 6) is -0.903. The van der Waals surface area contributed by atoms with Crippen LogP contribution in [0, 0.1) is 17.3 Å². The number of ether oxygens (including phenoxy) is 1. The molecule has 1 amide bonds. The Kier molecular flexibility index (Phi) is 6.09. The van der Waals surface area contributed by atoms with Gasteiger partial charge in [-0.3, -0.25) is 4.79 Å². The van der Waals surface area contributed by atoms with Crippen LogP contribution in [0.15, 0.2) is 12.1 Å². The minimum absolute atomic E-state index is 0.0892. The molecule has 3 aliphatic rings. The molecule has 0 aromatic heterocycles. The number of amides is 1. The second-order valence-corrected chi connectivity index (χ2v) is 10.9. The summed E-state index contributed by atoms with van der Waals surface area (Å²) >= 11 is 0. The maximum absolute atomic E-state index is 12.9. The molecule has 2 N–H and O–H groups in total. The number of hydrogen-bond donors (Lipinski definition) is 2. The number of aliphatic hydroxyl groups is 1. The van der Waals surface area contributed by atoms with Crippen LogP contribution >= 0.6 is 0 Å². The predicted octanol–water partition coefficient (Wildman–Crippen LogP) is 3.60. The Labute approximate surface area is 190 Å². The Bertz CT molecular complexity index is 1040. The van der Waals surface area contributed by atoms with Crippen molar-refractivity contribution in [1.82, 2.24) is 4.72 Å². The first-order valence-electron chi connectivity index (χ1n) is 11.1. The summed E-state index contributed by atoms with van der Waals surface area (Å²) in [6.45, 7) is 1.50. The molecule has 4 rings (SSSR count). The number of carbonyl (C=O) groups is 1. The third kappa shape index (κ3) is 4.80. The molecule has 2 fully saturated rings. The van der Waals surface area contributed by atoms with Crippen LogP contribution in [0.5, 0.6) is 11.5 Å². The molecule has 0 saturated heterocycles. The number of halogens is 3. The molecule has 7 nitrogen and oxygen atoms in total. The molecule has 2 saturated carbocycles. The van der Waals surface area contributed by atoms with E-state index in [-0.39, 0.29) is 28.9 Å². The Hall–Kier alpha value is -2.01. The van der Waals surface area contributed by atoms with Gasteiger partial charge in [0.2, 0.25) is 5.91 Å². The summed E-state index contributed by atoms with van der Waals surface area (Å²) in [5.41, 5.74) is 1.49. The lowest BCUT2D eigenvalue weighted by Crippen LogP contribution is -2.44. The van der Waals surface area contributed by atoms with Gasteiger partial charge in [-0.15, -0.1) is 0 Å².